The zero-order valence-corrected chi connectivity index (χ0v) is 11.3. The van der Waals surface area contributed by atoms with Gasteiger partial charge >= 0.3 is 6.09 Å². The van der Waals surface area contributed by atoms with Crippen LogP contribution in [0.2, 0.25) is 0 Å². The van der Waals surface area contributed by atoms with Crippen LogP contribution in [0.25, 0.3) is 0 Å². The molecule has 100 valence electrons. The summed E-state index contributed by atoms with van der Waals surface area (Å²) >= 11 is 0. The van der Waals surface area contributed by atoms with E-state index in [9.17, 15) is 9.90 Å². The summed E-state index contributed by atoms with van der Waals surface area (Å²) in [5, 5.41) is 12.3. The van der Waals surface area contributed by atoms with Gasteiger partial charge in [0.25, 0.3) is 0 Å². The number of aliphatic hydroxyl groups is 1. The van der Waals surface area contributed by atoms with Crippen molar-refractivity contribution in [2.45, 2.75) is 45.8 Å². The monoisotopic (exact) mass is 245 g/mol. The minimum absolute atomic E-state index is 0.167. The van der Waals surface area contributed by atoms with Gasteiger partial charge in [-0.2, -0.15) is 0 Å². The Balaban J connectivity index is 2.74. The fourth-order valence-corrected chi connectivity index (χ4v) is 1.82. The molecule has 0 spiro atoms. The van der Waals surface area contributed by atoms with Crippen molar-refractivity contribution in [3.05, 3.63) is 0 Å². The van der Waals surface area contributed by atoms with Gasteiger partial charge in [-0.1, -0.05) is 13.8 Å². The number of carbonyl (C=O) groups excluding carboxylic acids is 1. The van der Waals surface area contributed by atoms with E-state index in [1.807, 2.05) is 13.8 Å². The van der Waals surface area contributed by atoms with E-state index in [-0.39, 0.29) is 12.0 Å². The third-order valence-corrected chi connectivity index (χ3v) is 3.12. The summed E-state index contributed by atoms with van der Waals surface area (Å²) in [6.45, 7) is 9.94. The van der Waals surface area contributed by atoms with Crippen LogP contribution >= 0.6 is 0 Å². The van der Waals surface area contributed by atoms with Gasteiger partial charge in [-0.3, -0.25) is 0 Å². The highest BCUT2D eigenvalue weighted by molar-refractivity contribution is 5.69. The van der Waals surface area contributed by atoms with Crippen LogP contribution in [0.1, 0.15) is 34.6 Å². The molecule has 17 heavy (non-hydrogen) atoms. The number of hydrogen-bond donors (Lipinski definition) is 2. The highest BCUT2D eigenvalue weighted by atomic mass is 16.6. The van der Waals surface area contributed by atoms with Crippen LogP contribution in [0.3, 0.4) is 0 Å². The molecule has 1 aliphatic rings. The smallest absolute Gasteiger partial charge is 0.408 e. The van der Waals surface area contributed by atoms with Crippen LogP contribution in [0.15, 0.2) is 0 Å². The highest BCUT2D eigenvalue weighted by Gasteiger charge is 2.51. The van der Waals surface area contributed by atoms with Crippen molar-refractivity contribution < 1.29 is 19.4 Å². The molecule has 1 heterocycles. The average Bonchev–Trinajstić information content (AvgIpc) is 2.39. The quantitative estimate of drug-likeness (QED) is 0.769. The van der Waals surface area contributed by atoms with E-state index in [4.69, 9.17) is 9.47 Å². The molecule has 0 aliphatic carbocycles. The standard InChI is InChI=1S/C12H23NO4/c1-10(2,3)17-9(15)13-12(6-14)8-16-7-11(12,4)5/h14H,6-8H2,1-5H3,(H,13,15). The number of aliphatic hydroxyl groups excluding tert-OH is 1. The lowest BCUT2D eigenvalue weighted by Crippen LogP contribution is -2.61. The molecule has 1 fully saturated rings. The van der Waals surface area contributed by atoms with Gasteiger partial charge in [-0.15, -0.1) is 0 Å². The second-order valence-electron chi connectivity index (χ2n) is 6.24. The molecular weight excluding hydrogens is 222 g/mol. The molecule has 0 saturated carbocycles. The lowest BCUT2D eigenvalue weighted by atomic mass is 9.75. The molecule has 0 aromatic rings. The Bertz CT molecular complexity index is 295. The number of nitrogens with one attached hydrogen (secondary N) is 1. The molecule has 1 rings (SSSR count). The predicted molar refractivity (Wildman–Crippen MR) is 63.8 cm³/mol. The molecule has 0 aromatic heterocycles. The van der Waals surface area contributed by atoms with Crippen LogP contribution < -0.4 is 5.32 Å². The van der Waals surface area contributed by atoms with Gasteiger partial charge in [0.05, 0.1) is 25.4 Å². The first-order valence-corrected chi connectivity index (χ1v) is 5.82. The summed E-state index contributed by atoms with van der Waals surface area (Å²) < 4.78 is 10.6. The molecule has 1 unspecified atom stereocenters. The van der Waals surface area contributed by atoms with Crippen LogP contribution in [0, 0.1) is 5.41 Å². The Hall–Kier alpha value is -0.810. The predicted octanol–water partition coefficient (Wildman–Crippen LogP) is 1.30. The van der Waals surface area contributed by atoms with E-state index in [1.54, 1.807) is 20.8 Å². The Labute approximate surface area is 102 Å². The maximum Gasteiger partial charge on any atom is 0.408 e. The first-order valence-electron chi connectivity index (χ1n) is 5.82. The Morgan fingerprint density at radius 1 is 1.41 bits per heavy atom. The molecule has 1 amide bonds. The third kappa shape index (κ3) is 3.10. The number of hydrogen-bond acceptors (Lipinski definition) is 4. The van der Waals surface area contributed by atoms with Crippen molar-refractivity contribution in [3.8, 4) is 0 Å². The first kappa shape index (κ1) is 14.3. The number of amides is 1. The molecular formula is C12H23NO4. The Kier molecular flexibility index (Phi) is 3.74. The second kappa shape index (κ2) is 4.46. The van der Waals surface area contributed by atoms with Crippen molar-refractivity contribution in [2.75, 3.05) is 19.8 Å². The molecule has 2 N–H and O–H groups in total. The van der Waals surface area contributed by atoms with E-state index in [2.05, 4.69) is 5.32 Å². The molecule has 5 heteroatoms. The van der Waals surface area contributed by atoms with Gasteiger partial charge in [0.15, 0.2) is 0 Å². The largest absolute Gasteiger partial charge is 0.444 e. The van der Waals surface area contributed by atoms with Gasteiger partial charge in [-0.05, 0) is 20.8 Å². The number of alkyl carbamates (subject to hydrolysis) is 1. The Morgan fingerprint density at radius 2 is 2.00 bits per heavy atom. The van der Waals surface area contributed by atoms with Crippen molar-refractivity contribution in [3.63, 3.8) is 0 Å². The van der Waals surface area contributed by atoms with Crippen LogP contribution in [-0.2, 0) is 9.47 Å². The van der Waals surface area contributed by atoms with Crippen LogP contribution in [-0.4, -0.2) is 42.2 Å². The molecule has 1 aliphatic heterocycles. The molecule has 5 nitrogen and oxygen atoms in total. The summed E-state index contributed by atoms with van der Waals surface area (Å²) in [4.78, 5) is 11.8. The molecule has 1 atom stereocenters. The maximum atomic E-state index is 11.8. The third-order valence-electron chi connectivity index (χ3n) is 3.12. The summed E-state index contributed by atoms with van der Waals surface area (Å²) in [6.07, 6.45) is -0.523. The summed E-state index contributed by atoms with van der Waals surface area (Å²) in [7, 11) is 0. The SMILES string of the molecule is CC(C)(C)OC(=O)NC1(CO)COCC1(C)C. The zero-order valence-electron chi connectivity index (χ0n) is 11.3. The van der Waals surface area contributed by atoms with E-state index in [0.717, 1.165) is 0 Å². The van der Waals surface area contributed by atoms with Gasteiger partial charge in [-0.25, -0.2) is 4.79 Å². The molecule has 0 bridgehead atoms. The fraction of sp³-hybridized carbons (Fsp3) is 0.917. The normalized spacial score (nSPS) is 27.9. The van der Waals surface area contributed by atoms with Gasteiger partial charge in [0, 0.05) is 5.41 Å². The number of carbonyl (C=O) groups is 1. The average molecular weight is 245 g/mol. The lowest BCUT2D eigenvalue weighted by Gasteiger charge is -2.38. The Morgan fingerprint density at radius 3 is 2.35 bits per heavy atom. The van der Waals surface area contributed by atoms with E-state index in [1.165, 1.54) is 0 Å². The van der Waals surface area contributed by atoms with Gasteiger partial charge in [0.1, 0.15) is 5.60 Å². The second-order valence-corrected chi connectivity index (χ2v) is 6.24. The number of rotatable bonds is 2. The number of ether oxygens (including phenoxy) is 2. The van der Waals surface area contributed by atoms with E-state index < -0.39 is 17.2 Å². The highest BCUT2D eigenvalue weighted by Crippen LogP contribution is 2.37. The van der Waals surface area contributed by atoms with Gasteiger partial charge < -0.3 is 19.9 Å². The molecule has 1 saturated heterocycles. The lowest BCUT2D eigenvalue weighted by molar-refractivity contribution is 0.0260. The van der Waals surface area contributed by atoms with E-state index >= 15 is 0 Å². The minimum Gasteiger partial charge on any atom is -0.444 e. The minimum atomic E-state index is -0.769. The van der Waals surface area contributed by atoms with Gasteiger partial charge in [0.2, 0.25) is 0 Å². The summed E-state index contributed by atoms with van der Waals surface area (Å²) in [5.41, 5.74) is -1.64. The topological polar surface area (TPSA) is 67.8 Å². The fourth-order valence-electron chi connectivity index (χ4n) is 1.82. The van der Waals surface area contributed by atoms with Crippen molar-refractivity contribution in [2.24, 2.45) is 5.41 Å². The van der Waals surface area contributed by atoms with E-state index in [0.29, 0.717) is 13.2 Å². The summed E-state index contributed by atoms with van der Waals surface area (Å²) in [5.74, 6) is 0. The van der Waals surface area contributed by atoms with Crippen LogP contribution in [0.5, 0.6) is 0 Å². The van der Waals surface area contributed by atoms with Crippen molar-refractivity contribution >= 4 is 6.09 Å². The van der Waals surface area contributed by atoms with Crippen molar-refractivity contribution in [1.29, 1.82) is 0 Å². The molecule has 0 aromatic carbocycles. The van der Waals surface area contributed by atoms with Crippen molar-refractivity contribution in [1.82, 2.24) is 5.32 Å². The summed E-state index contributed by atoms with van der Waals surface area (Å²) in [6, 6.07) is 0. The zero-order chi connectivity index (χ0) is 13.3. The first-order chi connectivity index (χ1) is 7.62. The molecule has 0 radical (unpaired) electrons. The van der Waals surface area contributed by atoms with Crippen LogP contribution in [0.4, 0.5) is 4.79 Å². The maximum absolute atomic E-state index is 11.8.